The Hall–Kier alpha value is -1.06. The molecule has 1 aromatic rings. The number of rotatable bonds is 5. The van der Waals surface area contributed by atoms with E-state index in [-0.39, 0.29) is 41.9 Å². The summed E-state index contributed by atoms with van der Waals surface area (Å²) in [5, 5.41) is 13.9. The molecule has 3 rings (SSSR count). The van der Waals surface area contributed by atoms with Gasteiger partial charge < -0.3 is 20.0 Å². The van der Waals surface area contributed by atoms with Crippen LogP contribution in [-0.4, -0.2) is 51.7 Å². The second kappa shape index (κ2) is 7.52. The Balaban J connectivity index is 0.00000243. The molecule has 0 spiro atoms. The molecule has 2 amide bonds. The topological polar surface area (TPSA) is 98.8 Å². The van der Waals surface area contributed by atoms with E-state index < -0.39 is 33.8 Å². The first-order chi connectivity index (χ1) is 11.7. The van der Waals surface area contributed by atoms with Crippen LogP contribution in [0.15, 0.2) is 30.3 Å². The standard InChI is InChI=1S/C17H20N2O5S.Na/c1-16(2)17(24-3,15(22)23)19-13(21)12(14(19)25-16)18-11(20)9-10-7-5-4-6-8-10;/h4-8,12,14H,9H2,1-3H3,(H,18,20)(H,22,23);/q;+1/p-1/t12-,14+,17+;/m0./s1. The Bertz CT molecular complexity index is 729. The number of hydrogen-bond acceptors (Lipinski definition) is 6. The van der Waals surface area contributed by atoms with Crippen molar-refractivity contribution < 1.29 is 53.8 Å². The number of ether oxygens (including phenoxy) is 1. The zero-order valence-corrected chi connectivity index (χ0v) is 18.0. The van der Waals surface area contributed by atoms with Gasteiger partial charge in [-0.05, 0) is 19.4 Å². The molecule has 2 aliphatic heterocycles. The van der Waals surface area contributed by atoms with Gasteiger partial charge >= 0.3 is 29.6 Å². The number of β-lactam (4-membered cyclic amide) rings is 1. The van der Waals surface area contributed by atoms with Crippen molar-refractivity contribution in [2.75, 3.05) is 7.11 Å². The summed E-state index contributed by atoms with van der Waals surface area (Å²) < 4.78 is 4.32. The van der Waals surface area contributed by atoms with Gasteiger partial charge in [0.05, 0.1) is 17.1 Å². The van der Waals surface area contributed by atoms with Crippen LogP contribution < -0.4 is 40.0 Å². The molecule has 0 unspecified atom stereocenters. The van der Waals surface area contributed by atoms with Gasteiger partial charge in [0.1, 0.15) is 11.4 Å². The Morgan fingerprint density at radius 2 is 1.92 bits per heavy atom. The van der Waals surface area contributed by atoms with E-state index in [1.807, 2.05) is 30.3 Å². The molecule has 0 bridgehead atoms. The maximum absolute atomic E-state index is 12.5. The van der Waals surface area contributed by atoms with Crippen LogP contribution >= 0.6 is 11.8 Å². The third kappa shape index (κ3) is 3.07. The van der Waals surface area contributed by atoms with Crippen molar-refractivity contribution in [2.45, 2.75) is 42.2 Å². The summed E-state index contributed by atoms with van der Waals surface area (Å²) in [6.07, 6.45) is 0.154. The van der Waals surface area contributed by atoms with Crippen LogP contribution in [0.25, 0.3) is 0 Å². The molecule has 134 valence electrons. The summed E-state index contributed by atoms with van der Waals surface area (Å²) in [7, 11) is 1.25. The molecular formula is C17H19N2NaO5S. The zero-order chi connectivity index (χ0) is 18.4. The van der Waals surface area contributed by atoms with Gasteiger partial charge in [0.15, 0.2) is 5.72 Å². The van der Waals surface area contributed by atoms with Gasteiger partial charge in [-0.3, -0.25) is 14.5 Å². The minimum Gasteiger partial charge on any atom is -0.545 e. The van der Waals surface area contributed by atoms with E-state index in [1.54, 1.807) is 13.8 Å². The average molecular weight is 386 g/mol. The Morgan fingerprint density at radius 3 is 2.46 bits per heavy atom. The van der Waals surface area contributed by atoms with E-state index >= 15 is 0 Å². The van der Waals surface area contributed by atoms with E-state index in [1.165, 1.54) is 23.8 Å². The van der Waals surface area contributed by atoms with Gasteiger partial charge in [0.25, 0.3) is 5.91 Å². The molecule has 1 N–H and O–H groups in total. The molecule has 7 nitrogen and oxygen atoms in total. The molecule has 9 heteroatoms. The molecule has 3 atom stereocenters. The van der Waals surface area contributed by atoms with Crippen molar-refractivity contribution in [1.82, 2.24) is 10.2 Å². The fourth-order valence-corrected chi connectivity index (χ4v) is 5.21. The van der Waals surface area contributed by atoms with Crippen molar-refractivity contribution in [3.8, 4) is 0 Å². The van der Waals surface area contributed by atoms with Crippen molar-refractivity contribution >= 4 is 29.5 Å². The van der Waals surface area contributed by atoms with Crippen LogP contribution in [0.1, 0.15) is 19.4 Å². The fourth-order valence-electron chi connectivity index (χ4n) is 3.50. The SMILES string of the molecule is CO[C@@]1(C(=O)[O-])N2C(=O)[C@H](NC(=O)Cc3ccccc3)[C@H]2SC1(C)C.[Na+]. The van der Waals surface area contributed by atoms with Crippen molar-refractivity contribution in [2.24, 2.45) is 0 Å². The molecule has 2 fully saturated rings. The number of nitrogens with zero attached hydrogens (tertiary/aromatic N) is 1. The molecule has 0 aliphatic carbocycles. The molecule has 0 saturated carbocycles. The first-order valence-corrected chi connectivity index (χ1v) is 8.73. The number of benzene rings is 1. The van der Waals surface area contributed by atoms with Gasteiger partial charge in [-0.15, -0.1) is 11.8 Å². The quantitative estimate of drug-likeness (QED) is 0.417. The molecule has 1 aromatic carbocycles. The monoisotopic (exact) mass is 386 g/mol. The number of methoxy groups -OCH3 is 1. The van der Waals surface area contributed by atoms with E-state index in [0.717, 1.165) is 5.56 Å². The first kappa shape index (κ1) is 21.2. The van der Waals surface area contributed by atoms with Gasteiger partial charge in [0, 0.05) is 7.11 Å². The summed E-state index contributed by atoms with van der Waals surface area (Å²) in [4.78, 5) is 37.7. The molecular weight excluding hydrogens is 367 g/mol. The van der Waals surface area contributed by atoms with Crippen molar-refractivity contribution in [3.63, 3.8) is 0 Å². The third-order valence-corrected chi connectivity index (χ3v) is 6.30. The summed E-state index contributed by atoms with van der Waals surface area (Å²) >= 11 is 1.28. The average Bonchev–Trinajstić information content (AvgIpc) is 2.78. The molecule has 0 radical (unpaired) electrons. The molecule has 0 aromatic heterocycles. The normalized spacial score (nSPS) is 28.6. The van der Waals surface area contributed by atoms with Gasteiger partial charge in [-0.2, -0.15) is 0 Å². The zero-order valence-electron chi connectivity index (χ0n) is 15.1. The number of carboxylic acid groups (broad SMARTS) is 1. The predicted octanol–water partition coefficient (Wildman–Crippen LogP) is -3.50. The Morgan fingerprint density at radius 1 is 1.31 bits per heavy atom. The van der Waals surface area contributed by atoms with E-state index in [9.17, 15) is 19.5 Å². The van der Waals surface area contributed by atoms with Gasteiger partial charge in [-0.1, -0.05) is 30.3 Å². The predicted molar refractivity (Wildman–Crippen MR) is 89.1 cm³/mol. The molecule has 2 saturated heterocycles. The summed E-state index contributed by atoms with van der Waals surface area (Å²) in [6.45, 7) is 3.37. The third-order valence-electron chi connectivity index (χ3n) is 4.71. The summed E-state index contributed by atoms with van der Waals surface area (Å²) in [5.74, 6) is -2.22. The maximum Gasteiger partial charge on any atom is 1.00 e. The number of carbonyl (C=O) groups excluding carboxylic acids is 3. The van der Waals surface area contributed by atoms with Gasteiger partial charge in [-0.25, -0.2) is 0 Å². The number of aliphatic carboxylic acids is 1. The van der Waals surface area contributed by atoms with E-state index in [4.69, 9.17) is 4.74 Å². The number of carbonyl (C=O) groups is 3. The first-order valence-electron chi connectivity index (χ1n) is 7.85. The van der Waals surface area contributed by atoms with Crippen molar-refractivity contribution in [3.05, 3.63) is 35.9 Å². The van der Waals surface area contributed by atoms with Crippen LogP contribution in [0.4, 0.5) is 0 Å². The van der Waals surface area contributed by atoms with Crippen LogP contribution in [0.2, 0.25) is 0 Å². The summed E-state index contributed by atoms with van der Waals surface area (Å²) in [5.41, 5.74) is -1.01. The second-order valence-electron chi connectivity index (χ2n) is 6.57. The minimum atomic E-state index is -1.85. The van der Waals surface area contributed by atoms with E-state index in [2.05, 4.69) is 5.32 Å². The van der Waals surface area contributed by atoms with Crippen LogP contribution in [0.3, 0.4) is 0 Å². The smallest absolute Gasteiger partial charge is 0.545 e. The Kier molecular flexibility index (Phi) is 6.14. The number of amides is 2. The number of hydrogen-bond donors (Lipinski definition) is 1. The van der Waals surface area contributed by atoms with Crippen LogP contribution in [0, 0.1) is 0 Å². The second-order valence-corrected chi connectivity index (χ2v) is 8.31. The van der Waals surface area contributed by atoms with Gasteiger partial charge in [0.2, 0.25) is 5.91 Å². The fraction of sp³-hybridized carbons (Fsp3) is 0.471. The van der Waals surface area contributed by atoms with E-state index in [0.29, 0.717) is 0 Å². The molecule has 2 heterocycles. The van der Waals surface area contributed by atoms with Crippen LogP contribution in [0.5, 0.6) is 0 Å². The minimum absolute atomic E-state index is 0. The largest absolute Gasteiger partial charge is 1.00 e. The number of carboxylic acids is 1. The molecule has 2 aliphatic rings. The number of fused-ring (bicyclic) bond motifs is 1. The van der Waals surface area contributed by atoms with Crippen LogP contribution in [-0.2, 0) is 25.5 Å². The Labute approximate surface area is 178 Å². The molecule has 26 heavy (non-hydrogen) atoms. The number of thioether (sulfide) groups is 1. The number of nitrogens with one attached hydrogen (secondary N) is 1. The summed E-state index contributed by atoms with van der Waals surface area (Å²) in [6, 6.07) is 8.41. The maximum atomic E-state index is 12.5. The van der Waals surface area contributed by atoms with Crippen molar-refractivity contribution in [1.29, 1.82) is 0 Å².